The minimum absolute atomic E-state index is 0.0966. The summed E-state index contributed by atoms with van der Waals surface area (Å²) in [4.78, 5) is 1.00. The van der Waals surface area contributed by atoms with Crippen molar-refractivity contribution in [2.24, 2.45) is 0 Å². The maximum Gasteiger partial charge on any atom is 0.240 e. The Hall–Kier alpha value is -0.600. The Morgan fingerprint density at radius 2 is 2.11 bits per heavy atom. The molecule has 3 N–H and O–H groups in total. The zero-order chi connectivity index (χ0) is 14.0. The van der Waals surface area contributed by atoms with Crippen molar-refractivity contribution in [1.29, 1.82) is 0 Å². The fourth-order valence-corrected chi connectivity index (χ4v) is 4.16. The maximum atomic E-state index is 12.1. The van der Waals surface area contributed by atoms with E-state index in [1.807, 2.05) is 11.4 Å². The third kappa shape index (κ3) is 3.49. The van der Waals surface area contributed by atoms with Gasteiger partial charge in [0.25, 0.3) is 0 Å². The van der Waals surface area contributed by atoms with E-state index in [2.05, 4.69) is 20.7 Å². The standard InChI is InChI=1S/C11H10BrClN2O2S2/c12-8-3-4-18-11(8)6-15-19(16,17)7-1-2-10(14)9(13)5-7/h1-5,15H,6,14H2. The first-order valence-electron chi connectivity index (χ1n) is 5.17. The molecule has 0 spiro atoms. The van der Waals surface area contributed by atoms with Crippen LogP contribution in [-0.2, 0) is 16.6 Å². The highest BCUT2D eigenvalue weighted by atomic mass is 79.9. The van der Waals surface area contributed by atoms with Crippen LogP contribution in [0.1, 0.15) is 4.88 Å². The fraction of sp³-hybridized carbons (Fsp3) is 0.0909. The summed E-state index contributed by atoms with van der Waals surface area (Å²) in [6, 6.07) is 6.10. The Morgan fingerprint density at radius 3 is 2.68 bits per heavy atom. The van der Waals surface area contributed by atoms with E-state index in [-0.39, 0.29) is 16.5 Å². The molecule has 8 heteroatoms. The van der Waals surface area contributed by atoms with Gasteiger partial charge < -0.3 is 5.73 Å². The van der Waals surface area contributed by atoms with E-state index in [4.69, 9.17) is 17.3 Å². The summed E-state index contributed by atoms with van der Waals surface area (Å²) in [6.07, 6.45) is 0. The molecule has 2 aromatic rings. The molecule has 0 saturated heterocycles. The highest BCUT2D eigenvalue weighted by Gasteiger charge is 2.15. The summed E-state index contributed by atoms with van der Waals surface area (Å²) in [7, 11) is -3.60. The van der Waals surface area contributed by atoms with Crippen LogP contribution in [0.4, 0.5) is 5.69 Å². The van der Waals surface area contributed by atoms with Crippen LogP contribution >= 0.6 is 38.9 Å². The zero-order valence-electron chi connectivity index (χ0n) is 9.56. The summed E-state index contributed by atoms with van der Waals surface area (Å²) < 4.78 is 27.6. The number of thiophene rings is 1. The molecular formula is C11H10BrClN2O2S2. The fourth-order valence-electron chi connectivity index (χ4n) is 1.37. The molecule has 0 aliphatic heterocycles. The van der Waals surface area contributed by atoms with Crippen LogP contribution in [0, 0.1) is 0 Å². The topological polar surface area (TPSA) is 72.2 Å². The van der Waals surface area contributed by atoms with E-state index < -0.39 is 10.0 Å². The third-order valence-corrected chi connectivity index (χ3v) is 6.05. The lowest BCUT2D eigenvalue weighted by Gasteiger charge is -2.07. The van der Waals surface area contributed by atoms with Gasteiger partial charge in [-0.1, -0.05) is 11.6 Å². The molecule has 1 aromatic carbocycles. The monoisotopic (exact) mass is 380 g/mol. The maximum absolute atomic E-state index is 12.1. The molecule has 1 aromatic heterocycles. The van der Waals surface area contributed by atoms with Gasteiger partial charge in [-0.05, 0) is 45.6 Å². The third-order valence-electron chi connectivity index (χ3n) is 2.40. The summed E-state index contributed by atoms with van der Waals surface area (Å²) in [5, 5.41) is 2.11. The second-order valence-electron chi connectivity index (χ2n) is 3.70. The molecule has 0 unspecified atom stereocenters. The highest BCUT2D eigenvalue weighted by molar-refractivity contribution is 9.10. The van der Waals surface area contributed by atoms with E-state index in [1.165, 1.54) is 29.5 Å². The molecule has 0 aliphatic carbocycles. The molecule has 0 aliphatic rings. The van der Waals surface area contributed by atoms with E-state index in [1.54, 1.807) is 0 Å². The molecule has 2 rings (SSSR count). The first-order valence-corrected chi connectivity index (χ1v) is 8.70. The predicted molar refractivity (Wildman–Crippen MR) is 81.9 cm³/mol. The Morgan fingerprint density at radius 1 is 1.37 bits per heavy atom. The number of rotatable bonds is 4. The molecule has 4 nitrogen and oxygen atoms in total. The Kier molecular flexibility index (Phi) is 4.52. The van der Waals surface area contributed by atoms with Gasteiger partial charge in [0.2, 0.25) is 10.0 Å². The number of nitrogen functional groups attached to an aromatic ring is 1. The molecule has 1 heterocycles. The van der Waals surface area contributed by atoms with Crippen LogP contribution in [0.5, 0.6) is 0 Å². The lowest BCUT2D eigenvalue weighted by molar-refractivity contribution is 0.582. The van der Waals surface area contributed by atoms with Crippen molar-refractivity contribution in [2.75, 3.05) is 5.73 Å². The minimum Gasteiger partial charge on any atom is -0.398 e. The number of benzene rings is 1. The van der Waals surface area contributed by atoms with Crippen molar-refractivity contribution in [1.82, 2.24) is 4.72 Å². The van der Waals surface area contributed by atoms with Gasteiger partial charge in [-0.25, -0.2) is 13.1 Å². The van der Waals surface area contributed by atoms with Crippen molar-refractivity contribution in [3.8, 4) is 0 Å². The Labute approximate surface area is 128 Å². The van der Waals surface area contributed by atoms with Gasteiger partial charge >= 0.3 is 0 Å². The Bertz CT molecular complexity index is 700. The largest absolute Gasteiger partial charge is 0.398 e. The number of anilines is 1. The number of nitrogens with one attached hydrogen (secondary N) is 1. The van der Waals surface area contributed by atoms with E-state index in [0.717, 1.165) is 9.35 Å². The lowest BCUT2D eigenvalue weighted by atomic mass is 10.3. The SMILES string of the molecule is Nc1ccc(S(=O)(=O)NCc2sccc2Br)cc1Cl. The van der Waals surface area contributed by atoms with Crippen LogP contribution in [0.25, 0.3) is 0 Å². The number of sulfonamides is 1. The smallest absolute Gasteiger partial charge is 0.240 e. The van der Waals surface area contributed by atoms with E-state index >= 15 is 0 Å². The number of hydrogen-bond donors (Lipinski definition) is 2. The molecule has 0 saturated carbocycles. The van der Waals surface area contributed by atoms with Crippen LogP contribution in [-0.4, -0.2) is 8.42 Å². The summed E-state index contributed by atoms with van der Waals surface area (Å²) in [6.45, 7) is 0.225. The molecule has 19 heavy (non-hydrogen) atoms. The first kappa shape index (κ1) is 14.8. The van der Waals surface area contributed by atoms with Crippen LogP contribution in [0.3, 0.4) is 0 Å². The van der Waals surface area contributed by atoms with Crippen molar-refractivity contribution in [3.63, 3.8) is 0 Å². The summed E-state index contributed by atoms with van der Waals surface area (Å²) in [5.41, 5.74) is 5.90. The normalized spacial score (nSPS) is 11.7. The van der Waals surface area contributed by atoms with Gasteiger partial charge in [-0.15, -0.1) is 11.3 Å². The molecular weight excluding hydrogens is 372 g/mol. The molecule has 0 atom stereocenters. The minimum atomic E-state index is -3.60. The molecule has 0 bridgehead atoms. The molecule has 0 fully saturated rings. The number of halogens is 2. The second kappa shape index (κ2) is 5.80. The van der Waals surface area contributed by atoms with Gasteiger partial charge in [0.05, 0.1) is 15.6 Å². The van der Waals surface area contributed by atoms with Gasteiger partial charge in [-0.3, -0.25) is 0 Å². The Balaban J connectivity index is 2.18. The molecule has 102 valence electrons. The van der Waals surface area contributed by atoms with Crippen LogP contribution in [0.15, 0.2) is 39.0 Å². The quantitative estimate of drug-likeness (QED) is 0.799. The lowest BCUT2D eigenvalue weighted by Crippen LogP contribution is -2.23. The van der Waals surface area contributed by atoms with Gasteiger partial charge in [0, 0.05) is 15.9 Å². The molecule has 0 amide bonds. The zero-order valence-corrected chi connectivity index (χ0v) is 13.5. The van der Waals surface area contributed by atoms with Gasteiger partial charge in [0.15, 0.2) is 0 Å². The second-order valence-corrected chi connectivity index (χ2v) is 7.73. The van der Waals surface area contributed by atoms with Crippen LogP contribution in [0.2, 0.25) is 5.02 Å². The van der Waals surface area contributed by atoms with Crippen molar-refractivity contribution in [2.45, 2.75) is 11.4 Å². The van der Waals surface area contributed by atoms with Crippen molar-refractivity contribution < 1.29 is 8.42 Å². The molecule has 0 radical (unpaired) electrons. The van der Waals surface area contributed by atoms with Gasteiger partial charge in [-0.2, -0.15) is 0 Å². The number of nitrogens with two attached hydrogens (primary N) is 1. The first-order chi connectivity index (χ1) is 8.90. The number of hydrogen-bond acceptors (Lipinski definition) is 4. The van der Waals surface area contributed by atoms with E-state index in [9.17, 15) is 8.42 Å². The average molecular weight is 382 g/mol. The predicted octanol–water partition coefficient (Wildman–Crippen LogP) is 3.22. The van der Waals surface area contributed by atoms with E-state index in [0.29, 0.717) is 5.69 Å². The summed E-state index contributed by atoms with van der Waals surface area (Å²) in [5.74, 6) is 0. The van der Waals surface area contributed by atoms with Crippen molar-refractivity contribution in [3.05, 3.63) is 44.0 Å². The van der Waals surface area contributed by atoms with Crippen molar-refractivity contribution >= 4 is 54.6 Å². The van der Waals surface area contributed by atoms with Gasteiger partial charge in [0.1, 0.15) is 0 Å². The van der Waals surface area contributed by atoms with Crippen LogP contribution < -0.4 is 10.5 Å². The summed E-state index contributed by atoms with van der Waals surface area (Å²) >= 11 is 10.6. The highest BCUT2D eigenvalue weighted by Crippen LogP contribution is 2.24. The average Bonchev–Trinajstić information content (AvgIpc) is 2.76.